The maximum atomic E-state index is 12.9. The first-order valence-corrected chi connectivity index (χ1v) is 11.2. The Bertz CT molecular complexity index is 1060. The van der Waals surface area contributed by atoms with Crippen LogP contribution < -0.4 is 38.9 Å². The molecule has 0 aliphatic rings. The Hall–Kier alpha value is -4.73. The van der Waals surface area contributed by atoms with Crippen LogP contribution in [0, 0.1) is 0 Å². The average Bonchev–Trinajstić information content (AvgIpc) is 2.81. The highest BCUT2D eigenvalue weighted by molar-refractivity contribution is 5.97. The fraction of sp³-hybridized carbons (Fsp3) is 0.409. The summed E-state index contributed by atoms with van der Waals surface area (Å²) in [7, 11) is 0. The summed E-state index contributed by atoms with van der Waals surface area (Å²) in [4.78, 5) is 83.3. The average molecular weight is 538 g/mol. The van der Waals surface area contributed by atoms with Crippen LogP contribution in [-0.2, 0) is 40.0 Å². The standard InChI is InChI=1S/C22H31N7O9/c23-12(7-10-1-3-11(30)4-2-10)19(34)27-13(5-6-16(24)31)20(35)28-14(8-17(25)32)21(36)29-15(22(37)38)9-18(26)33/h1-4,12-15,30H,5-9,23H2,(H2,24,31)(H2,25,32)(H2,26,33)(H,27,34)(H,28,35)(H,29,36)(H,37,38). The van der Waals surface area contributed by atoms with Crippen molar-refractivity contribution in [2.24, 2.45) is 22.9 Å². The van der Waals surface area contributed by atoms with Gasteiger partial charge in [0.05, 0.1) is 18.9 Å². The van der Waals surface area contributed by atoms with Gasteiger partial charge in [0.15, 0.2) is 0 Å². The second-order valence-corrected chi connectivity index (χ2v) is 8.34. The Kier molecular flexibility index (Phi) is 12.1. The molecule has 16 nitrogen and oxygen atoms in total. The number of rotatable bonds is 16. The van der Waals surface area contributed by atoms with Crippen LogP contribution in [0.15, 0.2) is 24.3 Å². The minimum atomic E-state index is -1.75. The van der Waals surface area contributed by atoms with Gasteiger partial charge in [-0.15, -0.1) is 0 Å². The monoisotopic (exact) mass is 537 g/mol. The van der Waals surface area contributed by atoms with E-state index >= 15 is 0 Å². The highest BCUT2D eigenvalue weighted by Gasteiger charge is 2.32. The van der Waals surface area contributed by atoms with Gasteiger partial charge in [0.1, 0.15) is 23.9 Å². The number of phenols is 1. The molecule has 0 heterocycles. The third kappa shape index (κ3) is 11.3. The van der Waals surface area contributed by atoms with Crippen molar-refractivity contribution in [3.8, 4) is 5.75 Å². The Morgan fingerprint density at radius 2 is 1.18 bits per heavy atom. The molecule has 0 radical (unpaired) electrons. The van der Waals surface area contributed by atoms with E-state index in [2.05, 4.69) is 10.6 Å². The van der Waals surface area contributed by atoms with E-state index in [9.17, 15) is 43.8 Å². The van der Waals surface area contributed by atoms with Gasteiger partial charge in [0.25, 0.3) is 0 Å². The fourth-order valence-corrected chi connectivity index (χ4v) is 3.17. The summed E-state index contributed by atoms with van der Waals surface area (Å²) in [6.45, 7) is 0. The van der Waals surface area contributed by atoms with Crippen LogP contribution in [0.5, 0.6) is 5.75 Å². The topological polar surface area (TPSA) is 300 Å². The first-order chi connectivity index (χ1) is 17.7. The van der Waals surface area contributed by atoms with Gasteiger partial charge in [-0.3, -0.25) is 28.8 Å². The lowest BCUT2D eigenvalue weighted by Crippen LogP contribution is -2.58. The molecule has 6 amide bonds. The van der Waals surface area contributed by atoms with Crippen LogP contribution in [0.4, 0.5) is 0 Å². The highest BCUT2D eigenvalue weighted by Crippen LogP contribution is 2.11. The molecule has 208 valence electrons. The number of carboxylic acid groups (broad SMARTS) is 1. The first kappa shape index (κ1) is 31.3. The zero-order chi connectivity index (χ0) is 29.0. The van der Waals surface area contributed by atoms with Gasteiger partial charge in [-0.1, -0.05) is 12.1 Å². The van der Waals surface area contributed by atoms with E-state index in [0.717, 1.165) is 0 Å². The van der Waals surface area contributed by atoms with Gasteiger partial charge >= 0.3 is 5.97 Å². The lowest BCUT2D eigenvalue weighted by atomic mass is 10.0. The van der Waals surface area contributed by atoms with Gasteiger partial charge in [-0.25, -0.2) is 4.79 Å². The summed E-state index contributed by atoms with van der Waals surface area (Å²) in [6, 6.07) is -0.186. The molecule has 0 saturated carbocycles. The van der Waals surface area contributed by atoms with Crippen molar-refractivity contribution in [3.63, 3.8) is 0 Å². The molecule has 16 heteroatoms. The highest BCUT2D eigenvalue weighted by atomic mass is 16.4. The van der Waals surface area contributed by atoms with Crippen molar-refractivity contribution in [3.05, 3.63) is 29.8 Å². The third-order valence-electron chi connectivity index (χ3n) is 5.10. The van der Waals surface area contributed by atoms with Gasteiger partial charge in [0.2, 0.25) is 35.4 Å². The Morgan fingerprint density at radius 1 is 0.711 bits per heavy atom. The zero-order valence-electron chi connectivity index (χ0n) is 20.2. The molecular formula is C22H31N7O9. The fourth-order valence-electron chi connectivity index (χ4n) is 3.17. The molecule has 0 fully saturated rings. The number of nitrogens with two attached hydrogens (primary N) is 4. The van der Waals surface area contributed by atoms with Crippen LogP contribution in [0.1, 0.15) is 31.2 Å². The molecule has 0 bridgehead atoms. The van der Waals surface area contributed by atoms with E-state index in [4.69, 9.17) is 22.9 Å². The molecule has 0 spiro atoms. The Balaban J connectivity index is 3.02. The van der Waals surface area contributed by atoms with Crippen molar-refractivity contribution < 1.29 is 43.8 Å². The van der Waals surface area contributed by atoms with Crippen molar-refractivity contribution in [2.75, 3.05) is 0 Å². The smallest absolute Gasteiger partial charge is 0.326 e. The number of aliphatic carboxylic acids is 1. The number of carbonyl (C=O) groups excluding carboxylic acids is 6. The molecule has 0 aromatic heterocycles. The van der Waals surface area contributed by atoms with Gasteiger partial charge in [0, 0.05) is 6.42 Å². The molecular weight excluding hydrogens is 506 g/mol. The number of aromatic hydroxyl groups is 1. The molecule has 0 aliphatic carbocycles. The zero-order valence-corrected chi connectivity index (χ0v) is 20.2. The van der Waals surface area contributed by atoms with E-state index in [1.807, 2.05) is 5.32 Å². The molecule has 4 unspecified atom stereocenters. The Labute approximate surface area is 216 Å². The first-order valence-electron chi connectivity index (χ1n) is 11.2. The van der Waals surface area contributed by atoms with Crippen molar-refractivity contribution in [1.82, 2.24) is 16.0 Å². The number of nitrogens with one attached hydrogen (secondary N) is 3. The maximum Gasteiger partial charge on any atom is 0.326 e. The molecule has 13 N–H and O–H groups in total. The second kappa shape index (κ2) is 14.7. The number of carbonyl (C=O) groups is 7. The molecule has 1 aromatic carbocycles. The van der Waals surface area contributed by atoms with Crippen molar-refractivity contribution in [1.29, 1.82) is 0 Å². The van der Waals surface area contributed by atoms with E-state index in [1.165, 1.54) is 24.3 Å². The molecule has 1 aromatic rings. The second-order valence-electron chi connectivity index (χ2n) is 8.34. The van der Waals surface area contributed by atoms with Crippen LogP contribution in [-0.4, -0.2) is 75.8 Å². The summed E-state index contributed by atoms with van der Waals surface area (Å²) >= 11 is 0. The van der Waals surface area contributed by atoms with E-state index < -0.39 is 78.4 Å². The summed E-state index contributed by atoms with van der Waals surface area (Å²) in [5.74, 6) is -7.47. The van der Waals surface area contributed by atoms with Crippen LogP contribution in [0.3, 0.4) is 0 Å². The van der Waals surface area contributed by atoms with Gasteiger partial charge < -0.3 is 49.1 Å². The third-order valence-corrected chi connectivity index (χ3v) is 5.10. The van der Waals surface area contributed by atoms with Crippen LogP contribution in [0.2, 0.25) is 0 Å². The number of hydrogen-bond acceptors (Lipinski definition) is 9. The van der Waals surface area contributed by atoms with Crippen LogP contribution >= 0.6 is 0 Å². The normalized spacial score (nSPS) is 13.7. The molecule has 0 aliphatic heterocycles. The largest absolute Gasteiger partial charge is 0.508 e. The number of amides is 6. The predicted molar refractivity (Wildman–Crippen MR) is 129 cm³/mol. The van der Waals surface area contributed by atoms with E-state index in [1.54, 1.807) is 0 Å². The minimum Gasteiger partial charge on any atom is -0.508 e. The lowest BCUT2D eigenvalue weighted by Gasteiger charge is -2.24. The number of hydrogen-bond donors (Lipinski definition) is 9. The van der Waals surface area contributed by atoms with Gasteiger partial charge in [-0.05, 0) is 30.5 Å². The number of phenolic OH excluding ortho intramolecular Hbond substituents is 1. The van der Waals surface area contributed by atoms with Crippen LogP contribution in [0.25, 0.3) is 0 Å². The predicted octanol–water partition coefficient (Wildman–Crippen LogP) is -4.18. The van der Waals surface area contributed by atoms with Crippen molar-refractivity contribution >= 4 is 41.4 Å². The molecule has 4 atom stereocenters. The summed E-state index contributed by atoms with van der Waals surface area (Å²) in [6.07, 6.45) is -2.16. The lowest BCUT2D eigenvalue weighted by molar-refractivity contribution is -0.144. The van der Waals surface area contributed by atoms with Crippen molar-refractivity contribution in [2.45, 2.75) is 56.3 Å². The number of primary amides is 3. The Morgan fingerprint density at radius 3 is 1.68 bits per heavy atom. The van der Waals surface area contributed by atoms with E-state index in [-0.39, 0.29) is 25.0 Å². The van der Waals surface area contributed by atoms with E-state index in [0.29, 0.717) is 5.56 Å². The summed E-state index contributed by atoms with van der Waals surface area (Å²) in [5.41, 5.74) is 21.8. The quantitative estimate of drug-likeness (QED) is 0.0979. The maximum absolute atomic E-state index is 12.9. The number of benzene rings is 1. The minimum absolute atomic E-state index is 0.00816. The SMILES string of the molecule is NC(=O)CCC(NC(=O)C(N)Cc1ccc(O)cc1)C(=O)NC(CC(N)=O)C(=O)NC(CC(N)=O)C(=O)O. The summed E-state index contributed by atoms with van der Waals surface area (Å²) in [5, 5.41) is 25.0. The molecule has 0 saturated heterocycles. The van der Waals surface area contributed by atoms with Gasteiger partial charge in [-0.2, -0.15) is 0 Å². The number of carboxylic acids is 1. The molecule has 38 heavy (non-hydrogen) atoms. The molecule has 1 rings (SSSR count). The summed E-state index contributed by atoms with van der Waals surface area (Å²) < 4.78 is 0.